The lowest BCUT2D eigenvalue weighted by atomic mass is 9.89. The highest BCUT2D eigenvalue weighted by molar-refractivity contribution is 5.90. The minimum absolute atomic E-state index is 0.0609. The highest BCUT2D eigenvalue weighted by atomic mass is 16.2. The molecule has 1 aliphatic rings. The van der Waals surface area contributed by atoms with Crippen LogP contribution in [-0.2, 0) is 11.3 Å². The van der Waals surface area contributed by atoms with Crippen molar-refractivity contribution < 1.29 is 4.79 Å². The van der Waals surface area contributed by atoms with E-state index in [0.717, 1.165) is 25.3 Å². The molecule has 3 rings (SSSR count). The van der Waals surface area contributed by atoms with Crippen molar-refractivity contribution >= 4 is 11.6 Å². The Bertz CT molecular complexity index is 658. The number of likely N-dealkylation sites (tertiary alicyclic amines) is 1. The molecule has 0 radical (unpaired) electrons. The molecule has 0 atom stereocenters. The van der Waals surface area contributed by atoms with Crippen molar-refractivity contribution in [2.45, 2.75) is 32.2 Å². The number of carbonyl (C=O) groups is 1. The van der Waals surface area contributed by atoms with Crippen molar-refractivity contribution in [3.8, 4) is 0 Å². The van der Waals surface area contributed by atoms with Gasteiger partial charge in [-0.1, -0.05) is 42.5 Å². The number of piperidine rings is 1. The maximum Gasteiger partial charge on any atom is 0.223 e. The maximum absolute atomic E-state index is 11.4. The summed E-state index contributed by atoms with van der Waals surface area (Å²) in [6, 6.07) is 19.2. The van der Waals surface area contributed by atoms with Gasteiger partial charge < -0.3 is 4.90 Å². The van der Waals surface area contributed by atoms with Gasteiger partial charge in [0.05, 0.1) is 0 Å². The third-order valence-electron chi connectivity index (χ3n) is 5.06. The molecule has 24 heavy (non-hydrogen) atoms. The topological polar surface area (TPSA) is 23.6 Å². The van der Waals surface area contributed by atoms with Crippen LogP contribution in [0.15, 0.2) is 54.6 Å². The Balaban J connectivity index is 1.54. The number of nitrogens with zero attached hydrogens (tertiary/aromatic N) is 2. The van der Waals surface area contributed by atoms with Crippen LogP contribution in [0, 0.1) is 0 Å². The minimum atomic E-state index is 0.0609. The summed E-state index contributed by atoms with van der Waals surface area (Å²) in [5.41, 5.74) is 3.75. The summed E-state index contributed by atoms with van der Waals surface area (Å²) in [6.45, 7) is 4.87. The van der Waals surface area contributed by atoms with E-state index in [4.69, 9.17) is 0 Å². The lowest BCUT2D eigenvalue weighted by molar-refractivity contribution is -0.116. The molecule has 0 N–H and O–H groups in total. The Morgan fingerprint density at radius 2 is 1.67 bits per heavy atom. The number of rotatable bonds is 4. The lowest BCUT2D eigenvalue weighted by Crippen LogP contribution is -2.32. The minimum Gasteiger partial charge on any atom is -0.316 e. The quantitative estimate of drug-likeness (QED) is 0.848. The predicted octanol–water partition coefficient (Wildman–Crippen LogP) is 4.05. The zero-order valence-corrected chi connectivity index (χ0v) is 14.6. The summed E-state index contributed by atoms with van der Waals surface area (Å²) < 4.78 is 0. The number of amides is 1. The van der Waals surface area contributed by atoms with Gasteiger partial charge in [-0.25, -0.2) is 0 Å². The summed E-state index contributed by atoms with van der Waals surface area (Å²) in [4.78, 5) is 15.6. The first kappa shape index (κ1) is 16.7. The van der Waals surface area contributed by atoms with Gasteiger partial charge in [0.2, 0.25) is 5.91 Å². The van der Waals surface area contributed by atoms with Gasteiger partial charge in [0, 0.05) is 26.2 Å². The Morgan fingerprint density at radius 1 is 1.04 bits per heavy atom. The number of anilines is 1. The molecule has 0 aromatic heterocycles. The van der Waals surface area contributed by atoms with E-state index < -0.39 is 0 Å². The highest BCUT2D eigenvalue weighted by Gasteiger charge is 2.20. The molecule has 3 nitrogen and oxygen atoms in total. The number of carbonyl (C=O) groups excluding carboxylic acids is 1. The lowest BCUT2D eigenvalue weighted by Gasteiger charge is -2.32. The van der Waals surface area contributed by atoms with Gasteiger partial charge in [-0.3, -0.25) is 9.69 Å². The monoisotopic (exact) mass is 322 g/mol. The maximum atomic E-state index is 11.4. The molecule has 2 aromatic rings. The van der Waals surface area contributed by atoms with E-state index in [1.54, 1.807) is 11.8 Å². The van der Waals surface area contributed by atoms with E-state index in [9.17, 15) is 4.79 Å². The molecule has 1 saturated heterocycles. The SMILES string of the molecule is CC(=O)N(C)c1ccc(CN2CCC(c3ccccc3)CC2)cc1. The predicted molar refractivity (Wildman–Crippen MR) is 99.2 cm³/mol. The summed E-state index contributed by atoms with van der Waals surface area (Å²) in [5, 5.41) is 0. The molecular weight excluding hydrogens is 296 g/mol. The molecule has 1 aliphatic heterocycles. The summed E-state index contributed by atoms with van der Waals surface area (Å²) in [5.74, 6) is 0.764. The molecule has 0 unspecified atom stereocenters. The van der Waals surface area contributed by atoms with Crippen molar-refractivity contribution in [3.63, 3.8) is 0 Å². The molecule has 1 heterocycles. The first-order chi connectivity index (χ1) is 11.6. The van der Waals surface area contributed by atoms with E-state index in [-0.39, 0.29) is 5.91 Å². The molecule has 0 spiro atoms. The van der Waals surface area contributed by atoms with Crippen molar-refractivity contribution in [2.24, 2.45) is 0 Å². The molecule has 0 bridgehead atoms. The fourth-order valence-electron chi connectivity index (χ4n) is 3.41. The number of hydrogen-bond acceptors (Lipinski definition) is 2. The number of benzene rings is 2. The van der Waals surface area contributed by atoms with E-state index in [0.29, 0.717) is 5.92 Å². The van der Waals surface area contributed by atoms with Crippen LogP contribution in [0.3, 0.4) is 0 Å². The highest BCUT2D eigenvalue weighted by Crippen LogP contribution is 2.28. The zero-order valence-electron chi connectivity index (χ0n) is 14.6. The Kier molecular flexibility index (Phi) is 5.31. The molecule has 1 amide bonds. The van der Waals surface area contributed by atoms with Crippen LogP contribution >= 0.6 is 0 Å². The van der Waals surface area contributed by atoms with Gasteiger partial charge in [0.25, 0.3) is 0 Å². The average molecular weight is 322 g/mol. The zero-order chi connectivity index (χ0) is 16.9. The smallest absolute Gasteiger partial charge is 0.223 e. The molecule has 2 aromatic carbocycles. The molecule has 3 heteroatoms. The van der Waals surface area contributed by atoms with E-state index >= 15 is 0 Å². The van der Waals surface area contributed by atoms with Crippen LogP contribution in [-0.4, -0.2) is 30.9 Å². The largest absolute Gasteiger partial charge is 0.316 e. The molecular formula is C21H26N2O. The summed E-state index contributed by atoms with van der Waals surface area (Å²) in [7, 11) is 1.81. The van der Waals surface area contributed by atoms with Gasteiger partial charge in [-0.2, -0.15) is 0 Å². The van der Waals surface area contributed by atoms with Crippen molar-refractivity contribution in [3.05, 3.63) is 65.7 Å². The van der Waals surface area contributed by atoms with Crippen molar-refractivity contribution in [2.75, 3.05) is 25.0 Å². The second kappa shape index (κ2) is 7.63. The second-order valence-corrected chi connectivity index (χ2v) is 6.71. The molecule has 0 saturated carbocycles. The second-order valence-electron chi connectivity index (χ2n) is 6.71. The summed E-state index contributed by atoms with van der Waals surface area (Å²) >= 11 is 0. The van der Waals surface area contributed by atoms with Crippen LogP contribution in [0.1, 0.15) is 36.8 Å². The van der Waals surface area contributed by atoms with E-state index in [2.05, 4.69) is 47.4 Å². The van der Waals surface area contributed by atoms with Crippen LogP contribution in [0.4, 0.5) is 5.69 Å². The first-order valence-electron chi connectivity index (χ1n) is 8.74. The molecule has 1 fully saturated rings. The fraction of sp³-hybridized carbons (Fsp3) is 0.381. The normalized spacial score (nSPS) is 16.1. The standard InChI is InChI=1S/C21H26N2O/c1-17(24)22(2)21-10-8-18(9-11-21)16-23-14-12-20(13-15-23)19-6-4-3-5-7-19/h3-11,20H,12-16H2,1-2H3. The van der Waals surface area contributed by atoms with E-state index in [1.807, 2.05) is 19.2 Å². The molecule has 126 valence electrons. The van der Waals surface area contributed by atoms with Gasteiger partial charge >= 0.3 is 0 Å². The van der Waals surface area contributed by atoms with E-state index in [1.165, 1.54) is 24.0 Å². The van der Waals surface area contributed by atoms with Crippen LogP contribution in [0.25, 0.3) is 0 Å². The Hall–Kier alpha value is -2.13. The third kappa shape index (κ3) is 4.04. The van der Waals surface area contributed by atoms with Crippen LogP contribution in [0.5, 0.6) is 0 Å². The Morgan fingerprint density at radius 3 is 2.25 bits per heavy atom. The van der Waals surface area contributed by atoms with Crippen LogP contribution < -0.4 is 4.90 Å². The van der Waals surface area contributed by atoms with Gasteiger partial charge in [0.1, 0.15) is 0 Å². The fourth-order valence-corrected chi connectivity index (χ4v) is 3.41. The average Bonchev–Trinajstić information content (AvgIpc) is 2.63. The van der Waals surface area contributed by atoms with Crippen LogP contribution in [0.2, 0.25) is 0 Å². The molecule has 0 aliphatic carbocycles. The van der Waals surface area contributed by atoms with Crippen molar-refractivity contribution in [1.82, 2.24) is 4.90 Å². The third-order valence-corrected chi connectivity index (χ3v) is 5.06. The van der Waals surface area contributed by atoms with Gasteiger partial charge in [0.15, 0.2) is 0 Å². The van der Waals surface area contributed by atoms with Crippen molar-refractivity contribution in [1.29, 1.82) is 0 Å². The number of hydrogen-bond donors (Lipinski definition) is 0. The van der Waals surface area contributed by atoms with Gasteiger partial charge in [-0.05, 0) is 55.1 Å². The Labute approximate surface area is 144 Å². The van der Waals surface area contributed by atoms with Gasteiger partial charge in [-0.15, -0.1) is 0 Å². The first-order valence-corrected chi connectivity index (χ1v) is 8.74. The summed E-state index contributed by atoms with van der Waals surface area (Å²) in [6.07, 6.45) is 2.46.